The Morgan fingerprint density at radius 1 is 0.938 bits per heavy atom. The Hall–Kier alpha value is -3.58. The van der Waals surface area contributed by atoms with Crippen molar-refractivity contribution in [3.63, 3.8) is 0 Å². The zero-order chi connectivity index (χ0) is 22.7. The van der Waals surface area contributed by atoms with Gasteiger partial charge in [0.05, 0.1) is 18.0 Å². The number of aryl methyl sites for hydroxylation is 1. The first-order valence-corrected chi connectivity index (χ1v) is 10.9. The van der Waals surface area contributed by atoms with Crippen molar-refractivity contribution in [3.05, 3.63) is 94.8 Å². The first kappa shape index (κ1) is 21.6. The zero-order valence-electron chi connectivity index (χ0n) is 17.6. The van der Waals surface area contributed by atoms with Crippen molar-refractivity contribution >= 4 is 35.0 Å². The van der Waals surface area contributed by atoms with Crippen LogP contribution in [0, 0.1) is 12.7 Å². The van der Waals surface area contributed by atoms with Gasteiger partial charge in [-0.05, 0) is 50.2 Å². The molecule has 1 aliphatic heterocycles. The van der Waals surface area contributed by atoms with Crippen molar-refractivity contribution in [3.8, 4) is 5.75 Å². The Labute approximate surface area is 189 Å². The molecule has 0 atom stereocenters. The Morgan fingerprint density at radius 2 is 1.62 bits per heavy atom. The highest BCUT2D eigenvalue weighted by Crippen LogP contribution is 2.39. The lowest BCUT2D eigenvalue weighted by atomic mass is 10.2. The van der Waals surface area contributed by atoms with Crippen molar-refractivity contribution in [2.24, 2.45) is 0 Å². The number of carbonyl (C=O) groups is 2. The molecule has 5 nitrogen and oxygen atoms in total. The zero-order valence-corrected chi connectivity index (χ0v) is 18.4. The number of anilines is 2. The SMILES string of the molecule is CCOc1ccccc1NC1=C(Sc2ccc(C)cc2)C(=O)N(c2ccccc2F)C1=O. The van der Waals surface area contributed by atoms with E-state index in [-0.39, 0.29) is 16.3 Å². The highest BCUT2D eigenvalue weighted by molar-refractivity contribution is 8.04. The summed E-state index contributed by atoms with van der Waals surface area (Å²) in [5, 5.41) is 3.07. The van der Waals surface area contributed by atoms with E-state index in [0.717, 1.165) is 27.1 Å². The number of halogens is 1. The molecule has 3 aromatic carbocycles. The molecule has 0 aromatic heterocycles. The molecule has 162 valence electrons. The molecule has 1 heterocycles. The number of amides is 2. The molecule has 3 aromatic rings. The van der Waals surface area contributed by atoms with Crippen LogP contribution in [0.5, 0.6) is 5.75 Å². The average Bonchev–Trinajstić information content (AvgIpc) is 3.01. The average molecular weight is 449 g/mol. The fourth-order valence-electron chi connectivity index (χ4n) is 3.28. The lowest BCUT2D eigenvalue weighted by molar-refractivity contribution is -0.120. The van der Waals surface area contributed by atoms with E-state index >= 15 is 0 Å². The molecule has 32 heavy (non-hydrogen) atoms. The number of nitrogens with one attached hydrogen (secondary N) is 1. The van der Waals surface area contributed by atoms with Crippen LogP contribution in [-0.4, -0.2) is 18.4 Å². The van der Waals surface area contributed by atoms with E-state index in [4.69, 9.17) is 4.74 Å². The molecule has 0 aliphatic carbocycles. The number of imide groups is 1. The van der Waals surface area contributed by atoms with E-state index < -0.39 is 17.6 Å². The molecule has 7 heteroatoms. The van der Waals surface area contributed by atoms with E-state index in [1.807, 2.05) is 44.2 Å². The lowest BCUT2D eigenvalue weighted by Crippen LogP contribution is -2.33. The second-order valence-corrected chi connectivity index (χ2v) is 8.15. The summed E-state index contributed by atoms with van der Waals surface area (Å²) in [5.74, 6) is -1.31. The van der Waals surface area contributed by atoms with Gasteiger partial charge in [0, 0.05) is 4.90 Å². The van der Waals surface area contributed by atoms with Gasteiger partial charge >= 0.3 is 0 Å². The molecule has 0 saturated heterocycles. The van der Waals surface area contributed by atoms with Crippen molar-refractivity contribution in [1.29, 1.82) is 0 Å². The highest BCUT2D eigenvalue weighted by Gasteiger charge is 2.41. The number of hydrogen-bond donors (Lipinski definition) is 1. The normalized spacial score (nSPS) is 13.7. The minimum absolute atomic E-state index is 0.0796. The van der Waals surface area contributed by atoms with Crippen molar-refractivity contribution in [2.75, 3.05) is 16.8 Å². The van der Waals surface area contributed by atoms with Crippen LogP contribution in [0.25, 0.3) is 0 Å². The molecule has 0 fully saturated rings. The molecule has 1 aliphatic rings. The van der Waals surface area contributed by atoms with E-state index in [2.05, 4.69) is 5.32 Å². The number of benzene rings is 3. The molecule has 0 unspecified atom stereocenters. The van der Waals surface area contributed by atoms with Crippen LogP contribution >= 0.6 is 11.8 Å². The number of carbonyl (C=O) groups excluding carboxylic acids is 2. The van der Waals surface area contributed by atoms with Crippen LogP contribution in [0.4, 0.5) is 15.8 Å². The smallest absolute Gasteiger partial charge is 0.283 e. The summed E-state index contributed by atoms with van der Waals surface area (Å²) >= 11 is 1.16. The Bertz CT molecular complexity index is 1210. The first-order valence-electron chi connectivity index (χ1n) is 10.1. The van der Waals surface area contributed by atoms with Crippen molar-refractivity contribution in [1.82, 2.24) is 0 Å². The van der Waals surface area contributed by atoms with Gasteiger partial charge < -0.3 is 10.1 Å². The van der Waals surface area contributed by atoms with E-state index in [1.54, 1.807) is 24.3 Å². The maximum atomic E-state index is 14.5. The van der Waals surface area contributed by atoms with Crippen LogP contribution in [0.15, 0.2) is 88.3 Å². The third-order valence-corrected chi connectivity index (χ3v) is 5.91. The van der Waals surface area contributed by atoms with Crippen LogP contribution in [0.3, 0.4) is 0 Å². The number of ether oxygens (including phenoxy) is 1. The van der Waals surface area contributed by atoms with Gasteiger partial charge in [-0.15, -0.1) is 0 Å². The van der Waals surface area contributed by atoms with Crippen LogP contribution in [0.2, 0.25) is 0 Å². The summed E-state index contributed by atoms with van der Waals surface area (Å²) in [6.45, 7) is 4.27. The standard InChI is InChI=1S/C25H21FN2O3S/c1-3-31-21-11-7-5-9-19(21)27-22-23(32-17-14-12-16(2)13-15-17)25(30)28(24(22)29)20-10-6-4-8-18(20)26/h4-15,27H,3H2,1-2H3. The quantitative estimate of drug-likeness (QED) is 0.482. The molecule has 2 amide bonds. The molecule has 0 radical (unpaired) electrons. The van der Waals surface area contributed by atoms with Gasteiger partial charge in [0.2, 0.25) is 0 Å². The molecule has 4 rings (SSSR count). The highest BCUT2D eigenvalue weighted by atomic mass is 32.2. The predicted octanol–water partition coefficient (Wildman–Crippen LogP) is 5.52. The van der Waals surface area contributed by atoms with Gasteiger partial charge in [0.15, 0.2) is 0 Å². The number of para-hydroxylation sites is 3. The van der Waals surface area contributed by atoms with Crippen LogP contribution in [0.1, 0.15) is 12.5 Å². The Morgan fingerprint density at radius 3 is 2.34 bits per heavy atom. The minimum Gasteiger partial charge on any atom is -0.492 e. The maximum Gasteiger partial charge on any atom is 0.283 e. The molecular weight excluding hydrogens is 427 g/mol. The number of rotatable bonds is 7. The van der Waals surface area contributed by atoms with Crippen LogP contribution in [-0.2, 0) is 9.59 Å². The summed E-state index contributed by atoms with van der Waals surface area (Å²) in [4.78, 5) is 28.6. The summed E-state index contributed by atoms with van der Waals surface area (Å²) in [5.41, 5.74) is 1.62. The maximum absolute atomic E-state index is 14.5. The topological polar surface area (TPSA) is 58.6 Å². The monoisotopic (exact) mass is 448 g/mol. The molecule has 0 bridgehead atoms. The van der Waals surface area contributed by atoms with E-state index in [0.29, 0.717) is 18.0 Å². The fourth-order valence-corrected chi connectivity index (χ4v) is 4.20. The summed E-state index contributed by atoms with van der Waals surface area (Å²) in [7, 11) is 0. The fraction of sp³-hybridized carbons (Fsp3) is 0.120. The second-order valence-electron chi connectivity index (χ2n) is 7.07. The molecular formula is C25H21FN2O3S. The molecule has 1 N–H and O–H groups in total. The number of nitrogens with zero attached hydrogens (tertiary/aromatic N) is 1. The van der Waals surface area contributed by atoms with Gasteiger partial charge in [-0.3, -0.25) is 9.59 Å². The van der Waals surface area contributed by atoms with Gasteiger partial charge in [-0.2, -0.15) is 0 Å². The van der Waals surface area contributed by atoms with Gasteiger partial charge in [0.25, 0.3) is 11.8 Å². The van der Waals surface area contributed by atoms with Gasteiger partial charge in [0.1, 0.15) is 22.2 Å². The summed E-state index contributed by atoms with van der Waals surface area (Å²) in [6, 6.07) is 20.5. The van der Waals surface area contributed by atoms with Crippen molar-refractivity contribution in [2.45, 2.75) is 18.7 Å². The lowest BCUT2D eigenvalue weighted by Gasteiger charge is -2.16. The van der Waals surface area contributed by atoms with Crippen LogP contribution < -0.4 is 15.0 Å². The van der Waals surface area contributed by atoms with E-state index in [9.17, 15) is 14.0 Å². The summed E-state index contributed by atoms with van der Waals surface area (Å²) < 4.78 is 20.1. The number of hydrogen-bond acceptors (Lipinski definition) is 5. The minimum atomic E-state index is -0.648. The van der Waals surface area contributed by atoms with Crippen molar-refractivity contribution < 1.29 is 18.7 Å². The predicted molar refractivity (Wildman–Crippen MR) is 124 cm³/mol. The Balaban J connectivity index is 1.77. The first-order chi connectivity index (χ1) is 15.5. The van der Waals surface area contributed by atoms with Gasteiger partial charge in [-0.25, -0.2) is 9.29 Å². The largest absolute Gasteiger partial charge is 0.492 e. The third-order valence-electron chi connectivity index (χ3n) is 4.82. The number of thioether (sulfide) groups is 1. The molecule has 0 saturated carbocycles. The third kappa shape index (κ3) is 4.24. The summed E-state index contributed by atoms with van der Waals surface area (Å²) in [6.07, 6.45) is 0. The Kier molecular flexibility index (Phi) is 6.28. The van der Waals surface area contributed by atoms with Gasteiger partial charge in [-0.1, -0.05) is 53.7 Å². The van der Waals surface area contributed by atoms with E-state index in [1.165, 1.54) is 18.2 Å². The molecule has 0 spiro atoms. The second kappa shape index (κ2) is 9.28.